The van der Waals surface area contributed by atoms with Crippen LogP contribution in [0.25, 0.3) is 0 Å². The van der Waals surface area contributed by atoms with Crippen LogP contribution in [0.3, 0.4) is 0 Å². The highest BCUT2D eigenvalue weighted by Crippen LogP contribution is 2.22. The van der Waals surface area contributed by atoms with Crippen molar-refractivity contribution in [2.75, 3.05) is 13.1 Å². The molecule has 4 nitrogen and oxygen atoms in total. The van der Waals surface area contributed by atoms with Crippen molar-refractivity contribution >= 4 is 5.91 Å². The van der Waals surface area contributed by atoms with Crippen LogP contribution in [0.2, 0.25) is 0 Å². The number of hydrogen-bond acceptors (Lipinski definition) is 3. The molecule has 0 aliphatic carbocycles. The van der Waals surface area contributed by atoms with E-state index in [-0.39, 0.29) is 5.91 Å². The lowest BCUT2D eigenvalue weighted by Gasteiger charge is -2.36. The van der Waals surface area contributed by atoms with Gasteiger partial charge in [0.15, 0.2) is 5.76 Å². The highest BCUT2D eigenvalue weighted by Gasteiger charge is 2.32. The number of carbonyl (C=O) groups excluding carboxylic acids is 1. The monoisotopic (exact) mass is 223 g/mol. The van der Waals surface area contributed by atoms with Gasteiger partial charge in [-0.2, -0.15) is 0 Å². The van der Waals surface area contributed by atoms with Gasteiger partial charge in [0.1, 0.15) is 5.76 Å². The van der Waals surface area contributed by atoms with Crippen LogP contribution in [0.5, 0.6) is 0 Å². The molecule has 0 radical (unpaired) electrons. The van der Waals surface area contributed by atoms with Crippen molar-refractivity contribution in [1.29, 1.82) is 0 Å². The van der Waals surface area contributed by atoms with Crippen LogP contribution < -0.4 is 0 Å². The fraction of sp³-hybridized carbons (Fsp3) is 0.583. The summed E-state index contributed by atoms with van der Waals surface area (Å²) in [5.41, 5.74) is -0.768. The molecule has 2 heterocycles. The first-order valence-electron chi connectivity index (χ1n) is 5.56. The Bertz CT molecular complexity index is 395. The standard InChI is InChI=1S/C12H17NO3/c1-9-4-5-10(16-9)11(14)13-7-3-6-12(2,15)8-13/h4-5,15H,3,6-8H2,1-2H3. The summed E-state index contributed by atoms with van der Waals surface area (Å²) in [5, 5.41) is 9.92. The number of hydrogen-bond donors (Lipinski definition) is 1. The van der Waals surface area contributed by atoms with Gasteiger partial charge in [-0.25, -0.2) is 0 Å². The molecular weight excluding hydrogens is 206 g/mol. The predicted octanol–water partition coefficient (Wildman–Crippen LogP) is 1.58. The number of likely N-dealkylation sites (tertiary alicyclic amines) is 1. The van der Waals surface area contributed by atoms with Crippen molar-refractivity contribution in [1.82, 2.24) is 4.90 Å². The van der Waals surface area contributed by atoms with E-state index < -0.39 is 5.60 Å². The maximum atomic E-state index is 12.0. The van der Waals surface area contributed by atoms with Crippen molar-refractivity contribution in [2.45, 2.75) is 32.3 Å². The molecule has 1 aromatic rings. The first-order chi connectivity index (χ1) is 7.48. The number of aliphatic hydroxyl groups is 1. The minimum atomic E-state index is -0.768. The van der Waals surface area contributed by atoms with E-state index in [0.717, 1.165) is 18.6 Å². The fourth-order valence-electron chi connectivity index (χ4n) is 2.10. The largest absolute Gasteiger partial charge is 0.456 e. The van der Waals surface area contributed by atoms with Gasteiger partial charge >= 0.3 is 0 Å². The van der Waals surface area contributed by atoms with Gasteiger partial charge in [0, 0.05) is 13.1 Å². The Morgan fingerprint density at radius 3 is 2.88 bits per heavy atom. The minimum absolute atomic E-state index is 0.131. The third-order valence-corrected chi connectivity index (χ3v) is 2.91. The highest BCUT2D eigenvalue weighted by atomic mass is 16.4. The van der Waals surface area contributed by atoms with Crippen LogP contribution in [0.1, 0.15) is 36.1 Å². The SMILES string of the molecule is Cc1ccc(C(=O)N2CCCC(C)(O)C2)o1. The summed E-state index contributed by atoms with van der Waals surface area (Å²) in [5.74, 6) is 0.954. The van der Waals surface area contributed by atoms with Gasteiger partial charge in [-0.05, 0) is 38.8 Å². The Kier molecular flexibility index (Phi) is 2.76. The molecular formula is C12H17NO3. The smallest absolute Gasteiger partial charge is 0.289 e. The van der Waals surface area contributed by atoms with Crippen LogP contribution >= 0.6 is 0 Å². The first-order valence-corrected chi connectivity index (χ1v) is 5.56. The summed E-state index contributed by atoms with van der Waals surface area (Å²) in [4.78, 5) is 13.7. The van der Waals surface area contributed by atoms with Crippen LogP contribution in [0.4, 0.5) is 0 Å². The Morgan fingerprint density at radius 1 is 1.56 bits per heavy atom. The van der Waals surface area contributed by atoms with E-state index >= 15 is 0 Å². The van der Waals surface area contributed by atoms with Gasteiger partial charge in [0.25, 0.3) is 5.91 Å². The molecule has 1 saturated heterocycles. The third kappa shape index (κ3) is 2.27. The van der Waals surface area contributed by atoms with Gasteiger partial charge in [-0.3, -0.25) is 4.79 Å². The van der Waals surface area contributed by atoms with Crippen molar-refractivity contribution in [2.24, 2.45) is 0 Å². The second kappa shape index (κ2) is 3.94. The lowest BCUT2D eigenvalue weighted by Crippen LogP contribution is -2.48. The zero-order chi connectivity index (χ0) is 11.8. The molecule has 1 aliphatic rings. The Labute approximate surface area is 94.9 Å². The van der Waals surface area contributed by atoms with Gasteiger partial charge in [0.05, 0.1) is 5.60 Å². The number of aryl methyl sites for hydroxylation is 1. The molecule has 1 N–H and O–H groups in total. The molecule has 0 aromatic carbocycles. The predicted molar refractivity (Wildman–Crippen MR) is 59.2 cm³/mol. The molecule has 16 heavy (non-hydrogen) atoms. The van der Waals surface area contributed by atoms with E-state index in [1.54, 1.807) is 24.0 Å². The lowest BCUT2D eigenvalue weighted by atomic mass is 9.95. The molecule has 1 atom stereocenters. The van der Waals surface area contributed by atoms with E-state index in [1.807, 2.05) is 6.92 Å². The van der Waals surface area contributed by atoms with Crippen molar-refractivity contribution < 1.29 is 14.3 Å². The summed E-state index contributed by atoms with van der Waals surface area (Å²) in [6.45, 7) is 4.64. The Balaban J connectivity index is 2.10. The van der Waals surface area contributed by atoms with Crippen molar-refractivity contribution in [3.05, 3.63) is 23.7 Å². The average molecular weight is 223 g/mol. The number of carbonyl (C=O) groups is 1. The van der Waals surface area contributed by atoms with Crippen molar-refractivity contribution in [3.8, 4) is 0 Å². The summed E-state index contributed by atoms with van der Waals surface area (Å²) < 4.78 is 5.29. The maximum Gasteiger partial charge on any atom is 0.289 e. The number of amides is 1. The second-order valence-corrected chi connectivity index (χ2v) is 4.74. The van der Waals surface area contributed by atoms with Crippen LogP contribution in [0.15, 0.2) is 16.5 Å². The molecule has 1 amide bonds. The fourth-order valence-corrected chi connectivity index (χ4v) is 2.10. The summed E-state index contributed by atoms with van der Waals surface area (Å²) >= 11 is 0. The molecule has 0 spiro atoms. The molecule has 1 unspecified atom stereocenters. The molecule has 88 valence electrons. The number of rotatable bonds is 1. The summed E-state index contributed by atoms with van der Waals surface area (Å²) in [6.07, 6.45) is 1.58. The Hall–Kier alpha value is -1.29. The molecule has 1 aromatic heterocycles. The number of β-amino-alcohol motifs (C(OH)–C–C–N with tert-alkyl or cyclic N) is 1. The molecule has 0 saturated carbocycles. The van der Waals surface area contributed by atoms with E-state index in [9.17, 15) is 9.90 Å². The lowest BCUT2D eigenvalue weighted by molar-refractivity contribution is -0.0117. The Morgan fingerprint density at radius 2 is 2.31 bits per heavy atom. The van der Waals surface area contributed by atoms with Crippen LogP contribution in [0, 0.1) is 6.92 Å². The molecule has 4 heteroatoms. The summed E-state index contributed by atoms with van der Waals surface area (Å²) in [6, 6.07) is 3.45. The van der Waals surface area contributed by atoms with Gasteiger partial charge in [0.2, 0.25) is 0 Å². The average Bonchev–Trinajstić information content (AvgIpc) is 2.62. The van der Waals surface area contributed by atoms with Gasteiger partial charge in [-0.1, -0.05) is 0 Å². The van der Waals surface area contributed by atoms with Crippen LogP contribution in [-0.2, 0) is 0 Å². The zero-order valence-electron chi connectivity index (χ0n) is 9.69. The second-order valence-electron chi connectivity index (χ2n) is 4.74. The molecule has 2 rings (SSSR count). The van der Waals surface area contributed by atoms with E-state index in [0.29, 0.717) is 18.8 Å². The number of furan rings is 1. The molecule has 0 bridgehead atoms. The first kappa shape index (κ1) is 11.2. The normalized spacial score (nSPS) is 25.8. The van der Waals surface area contributed by atoms with E-state index in [4.69, 9.17) is 4.42 Å². The molecule has 1 fully saturated rings. The third-order valence-electron chi connectivity index (χ3n) is 2.91. The maximum absolute atomic E-state index is 12.0. The van der Waals surface area contributed by atoms with E-state index in [2.05, 4.69) is 0 Å². The molecule has 1 aliphatic heterocycles. The topological polar surface area (TPSA) is 53.7 Å². The summed E-state index contributed by atoms with van der Waals surface area (Å²) in [7, 11) is 0. The highest BCUT2D eigenvalue weighted by molar-refractivity contribution is 5.91. The van der Waals surface area contributed by atoms with Crippen molar-refractivity contribution in [3.63, 3.8) is 0 Å². The quantitative estimate of drug-likeness (QED) is 0.786. The number of nitrogens with zero attached hydrogens (tertiary/aromatic N) is 1. The van der Waals surface area contributed by atoms with E-state index in [1.165, 1.54) is 0 Å². The zero-order valence-corrected chi connectivity index (χ0v) is 9.69. The number of piperidine rings is 1. The minimum Gasteiger partial charge on any atom is -0.456 e. The van der Waals surface area contributed by atoms with Crippen LogP contribution in [-0.4, -0.2) is 34.6 Å². The van der Waals surface area contributed by atoms with Gasteiger partial charge in [-0.15, -0.1) is 0 Å². The van der Waals surface area contributed by atoms with Gasteiger partial charge < -0.3 is 14.4 Å².